The lowest BCUT2D eigenvalue weighted by Crippen LogP contribution is -2.04. The van der Waals surface area contributed by atoms with Gasteiger partial charge in [0, 0.05) is 10.9 Å². The maximum atomic E-state index is 10.8. The lowest BCUT2D eigenvalue weighted by atomic mass is 10.1. The Morgan fingerprint density at radius 2 is 1.92 bits per heavy atom. The molecule has 0 radical (unpaired) electrons. The van der Waals surface area contributed by atoms with E-state index in [4.69, 9.17) is 5.11 Å². The van der Waals surface area contributed by atoms with Crippen molar-refractivity contribution in [3.63, 3.8) is 0 Å². The quantitative estimate of drug-likeness (QED) is 0.877. The summed E-state index contributed by atoms with van der Waals surface area (Å²) < 4.78 is 1.03. The van der Waals surface area contributed by atoms with Gasteiger partial charge in [0.05, 0.1) is 0 Å². The van der Waals surface area contributed by atoms with E-state index in [1.807, 2.05) is 24.3 Å². The average Bonchev–Trinajstić information content (AvgIpc) is 2.16. The van der Waals surface area contributed by atoms with Gasteiger partial charge in [-0.05, 0) is 24.1 Å². The summed E-state index contributed by atoms with van der Waals surface area (Å²) in [6.07, 6.45) is 1.12. The van der Waals surface area contributed by atoms with Crippen LogP contribution in [0.3, 0.4) is 0 Å². The summed E-state index contributed by atoms with van der Waals surface area (Å²) in [6.45, 7) is -0.351. The van der Waals surface area contributed by atoms with Crippen LogP contribution < -0.4 is 0 Å². The molecule has 1 rings (SSSR count). The van der Waals surface area contributed by atoms with Gasteiger partial charge in [-0.3, -0.25) is 4.79 Å². The number of Topliss-reactive ketones (excluding diaryl/α,β-unsaturated/α-hetero) is 1. The lowest BCUT2D eigenvalue weighted by molar-refractivity contribution is -0.121. The molecule has 0 unspecified atom stereocenters. The van der Waals surface area contributed by atoms with E-state index in [-0.39, 0.29) is 12.4 Å². The van der Waals surface area contributed by atoms with Crippen LogP contribution in [0.5, 0.6) is 0 Å². The van der Waals surface area contributed by atoms with Crippen molar-refractivity contribution in [1.29, 1.82) is 0 Å². The molecule has 0 spiro atoms. The summed E-state index contributed by atoms with van der Waals surface area (Å²) in [6, 6.07) is 7.82. The highest BCUT2D eigenvalue weighted by atomic mass is 79.9. The molecule has 0 aromatic heterocycles. The molecule has 1 aromatic carbocycles. The number of aliphatic hydroxyl groups excluding tert-OH is 1. The van der Waals surface area contributed by atoms with Crippen molar-refractivity contribution in [3.8, 4) is 0 Å². The highest BCUT2D eigenvalue weighted by Gasteiger charge is 1.99. The molecule has 0 aliphatic rings. The van der Waals surface area contributed by atoms with Crippen LogP contribution in [0.2, 0.25) is 0 Å². The zero-order chi connectivity index (χ0) is 9.68. The number of hydrogen-bond acceptors (Lipinski definition) is 2. The van der Waals surface area contributed by atoms with E-state index >= 15 is 0 Å². The molecule has 2 nitrogen and oxygen atoms in total. The Labute approximate surface area is 85.7 Å². The summed E-state index contributed by atoms with van der Waals surface area (Å²) in [7, 11) is 0. The summed E-state index contributed by atoms with van der Waals surface area (Å²) in [5.41, 5.74) is 1.12. The van der Waals surface area contributed by atoms with Crippen LogP contribution in [0.4, 0.5) is 0 Å². The van der Waals surface area contributed by atoms with Gasteiger partial charge in [-0.2, -0.15) is 0 Å². The summed E-state index contributed by atoms with van der Waals surface area (Å²) in [5, 5.41) is 8.50. The Balaban J connectivity index is 2.46. The topological polar surface area (TPSA) is 37.3 Å². The molecule has 1 N–H and O–H groups in total. The Morgan fingerprint density at radius 1 is 1.31 bits per heavy atom. The first-order valence-corrected chi connectivity index (χ1v) is 4.88. The fourth-order valence-electron chi connectivity index (χ4n) is 1.01. The number of carbonyl (C=O) groups is 1. The number of carbonyl (C=O) groups excluding carboxylic acids is 1. The van der Waals surface area contributed by atoms with Gasteiger partial charge in [0.1, 0.15) is 6.61 Å². The number of rotatable bonds is 4. The van der Waals surface area contributed by atoms with Crippen molar-refractivity contribution < 1.29 is 9.90 Å². The van der Waals surface area contributed by atoms with E-state index in [1.54, 1.807) is 0 Å². The van der Waals surface area contributed by atoms with Crippen LogP contribution >= 0.6 is 15.9 Å². The maximum Gasteiger partial charge on any atom is 0.158 e. The Kier molecular flexibility index (Phi) is 4.12. The van der Waals surface area contributed by atoms with E-state index in [0.29, 0.717) is 12.8 Å². The van der Waals surface area contributed by atoms with E-state index in [0.717, 1.165) is 10.0 Å². The zero-order valence-corrected chi connectivity index (χ0v) is 8.75. The monoisotopic (exact) mass is 242 g/mol. The molecule has 1 aromatic rings. The van der Waals surface area contributed by atoms with Crippen molar-refractivity contribution in [2.75, 3.05) is 6.61 Å². The van der Waals surface area contributed by atoms with Gasteiger partial charge < -0.3 is 5.11 Å². The summed E-state index contributed by atoms with van der Waals surface area (Å²) in [5.74, 6) is -0.108. The van der Waals surface area contributed by atoms with E-state index in [2.05, 4.69) is 15.9 Å². The van der Waals surface area contributed by atoms with Gasteiger partial charge in [-0.15, -0.1) is 0 Å². The molecule has 0 bridgehead atoms. The highest BCUT2D eigenvalue weighted by molar-refractivity contribution is 9.10. The normalized spacial score (nSPS) is 10.0. The molecule has 70 valence electrons. The van der Waals surface area contributed by atoms with Crippen LogP contribution in [-0.2, 0) is 11.2 Å². The molecular formula is C10H11BrO2. The second-order valence-corrected chi connectivity index (χ2v) is 3.74. The van der Waals surface area contributed by atoms with Crippen molar-refractivity contribution in [1.82, 2.24) is 0 Å². The predicted molar refractivity (Wildman–Crippen MR) is 54.6 cm³/mol. The van der Waals surface area contributed by atoms with Gasteiger partial charge in [0.25, 0.3) is 0 Å². The number of ketones is 1. The predicted octanol–water partition coefficient (Wildman–Crippen LogP) is 1.94. The standard InChI is InChI=1S/C10H11BrO2/c11-9-4-1-8(2-5-9)3-6-10(13)7-12/h1-2,4-5,12H,3,6-7H2. The molecule has 0 fully saturated rings. The first kappa shape index (κ1) is 10.4. The lowest BCUT2D eigenvalue weighted by Gasteiger charge is -1.99. The van der Waals surface area contributed by atoms with Crippen LogP contribution in [-0.4, -0.2) is 17.5 Å². The molecule has 0 heterocycles. The molecule has 0 saturated carbocycles. The molecule has 0 amide bonds. The van der Waals surface area contributed by atoms with Crippen LogP contribution in [0.25, 0.3) is 0 Å². The first-order valence-electron chi connectivity index (χ1n) is 4.09. The van der Waals surface area contributed by atoms with Crippen LogP contribution in [0, 0.1) is 0 Å². The number of benzene rings is 1. The number of hydrogen-bond donors (Lipinski definition) is 1. The van der Waals surface area contributed by atoms with Crippen molar-refractivity contribution in [2.24, 2.45) is 0 Å². The van der Waals surface area contributed by atoms with Crippen LogP contribution in [0.1, 0.15) is 12.0 Å². The zero-order valence-electron chi connectivity index (χ0n) is 7.16. The third kappa shape index (κ3) is 3.70. The second-order valence-electron chi connectivity index (χ2n) is 2.82. The summed E-state index contributed by atoms with van der Waals surface area (Å²) in [4.78, 5) is 10.8. The molecule has 0 aliphatic heterocycles. The summed E-state index contributed by atoms with van der Waals surface area (Å²) >= 11 is 3.33. The molecule has 3 heteroatoms. The fourth-order valence-corrected chi connectivity index (χ4v) is 1.28. The fraction of sp³-hybridized carbons (Fsp3) is 0.300. The van der Waals surface area contributed by atoms with Crippen molar-refractivity contribution in [2.45, 2.75) is 12.8 Å². The van der Waals surface area contributed by atoms with Crippen molar-refractivity contribution >= 4 is 21.7 Å². The average molecular weight is 243 g/mol. The third-order valence-electron chi connectivity index (χ3n) is 1.78. The van der Waals surface area contributed by atoms with Gasteiger partial charge in [0.15, 0.2) is 5.78 Å². The van der Waals surface area contributed by atoms with E-state index in [1.165, 1.54) is 0 Å². The Hall–Kier alpha value is -0.670. The van der Waals surface area contributed by atoms with Crippen molar-refractivity contribution in [3.05, 3.63) is 34.3 Å². The SMILES string of the molecule is O=C(CO)CCc1ccc(Br)cc1. The minimum Gasteiger partial charge on any atom is -0.389 e. The molecule has 0 atom stereocenters. The van der Waals surface area contributed by atoms with E-state index < -0.39 is 0 Å². The van der Waals surface area contributed by atoms with Gasteiger partial charge in [-0.25, -0.2) is 0 Å². The molecule has 13 heavy (non-hydrogen) atoms. The van der Waals surface area contributed by atoms with E-state index in [9.17, 15) is 4.79 Å². The second kappa shape index (κ2) is 5.14. The highest BCUT2D eigenvalue weighted by Crippen LogP contribution is 2.11. The van der Waals surface area contributed by atoms with Gasteiger partial charge in [0.2, 0.25) is 0 Å². The molecule has 0 saturated heterocycles. The minimum absolute atomic E-state index is 0.108. The smallest absolute Gasteiger partial charge is 0.158 e. The van der Waals surface area contributed by atoms with Gasteiger partial charge >= 0.3 is 0 Å². The minimum atomic E-state index is -0.351. The Morgan fingerprint density at radius 3 is 2.46 bits per heavy atom. The third-order valence-corrected chi connectivity index (χ3v) is 2.31. The van der Waals surface area contributed by atoms with Crippen LogP contribution in [0.15, 0.2) is 28.7 Å². The Bertz CT molecular complexity index is 279. The number of halogens is 1. The largest absolute Gasteiger partial charge is 0.389 e. The number of aryl methyl sites for hydroxylation is 1. The maximum absolute atomic E-state index is 10.8. The number of aliphatic hydroxyl groups is 1. The molecule has 0 aliphatic carbocycles. The molecular weight excluding hydrogens is 232 g/mol. The van der Waals surface area contributed by atoms with Gasteiger partial charge in [-0.1, -0.05) is 28.1 Å². The first-order chi connectivity index (χ1) is 6.22.